The molecule has 0 saturated heterocycles. The van der Waals surface area contributed by atoms with E-state index in [-0.39, 0.29) is 5.82 Å². The molecule has 30 heavy (non-hydrogen) atoms. The molecule has 0 fully saturated rings. The number of rotatable bonds is 1. The Kier molecular flexibility index (Phi) is 3.46. The second-order valence-electron chi connectivity index (χ2n) is 9.64. The van der Waals surface area contributed by atoms with E-state index in [2.05, 4.69) is 76.7 Å². The van der Waals surface area contributed by atoms with Gasteiger partial charge in [-0.2, -0.15) is 0 Å². The van der Waals surface area contributed by atoms with Crippen LogP contribution in [0.15, 0.2) is 54.7 Å². The predicted octanol–water partition coefficient (Wildman–Crippen LogP) is 5.81. The Balaban J connectivity index is 2.07. The number of pyridine rings is 2. The quantitative estimate of drug-likeness (QED) is 0.128. The topological polar surface area (TPSA) is 8.29 Å². The van der Waals surface area contributed by atoms with E-state index in [9.17, 15) is 4.39 Å². The zero-order chi connectivity index (χ0) is 20.9. The fourth-order valence-electron chi connectivity index (χ4n) is 5.12. The van der Waals surface area contributed by atoms with Crippen molar-refractivity contribution in [2.24, 2.45) is 7.05 Å². The van der Waals surface area contributed by atoms with Gasteiger partial charge in [-0.25, -0.2) is 0 Å². The van der Waals surface area contributed by atoms with E-state index in [0.717, 1.165) is 10.9 Å². The standard InChI is InChI=1S/C26H24FGeN2/c1-15-6-8-20-19-9-7-17(27)13-21(19)30-22-14-18(28(2,3)4)12-16-10-11-29(5)26(24(16)22)23(15)25(20)30/h6-14H,1-5H3/q+1. The van der Waals surface area contributed by atoms with Crippen molar-refractivity contribution in [3.05, 3.63) is 66.1 Å². The molecule has 6 aromatic rings. The van der Waals surface area contributed by atoms with E-state index in [1.54, 1.807) is 12.1 Å². The van der Waals surface area contributed by atoms with Gasteiger partial charge in [0.25, 0.3) is 0 Å². The van der Waals surface area contributed by atoms with Crippen molar-refractivity contribution in [3.8, 4) is 0 Å². The van der Waals surface area contributed by atoms with Crippen molar-refractivity contribution < 1.29 is 8.96 Å². The van der Waals surface area contributed by atoms with Gasteiger partial charge in [-0.05, 0) is 0 Å². The molecule has 0 atom stereocenters. The summed E-state index contributed by atoms with van der Waals surface area (Å²) >= 11 is -2.09. The van der Waals surface area contributed by atoms with Crippen LogP contribution in [0.2, 0.25) is 17.3 Å². The van der Waals surface area contributed by atoms with Gasteiger partial charge in [0.15, 0.2) is 0 Å². The molecule has 148 valence electrons. The Hall–Kier alpha value is -2.66. The summed E-state index contributed by atoms with van der Waals surface area (Å²) in [5, 5.41) is 6.10. The zero-order valence-electron chi connectivity index (χ0n) is 18.0. The predicted molar refractivity (Wildman–Crippen MR) is 127 cm³/mol. The molecule has 0 bridgehead atoms. The second-order valence-corrected chi connectivity index (χ2v) is 20.3. The molecule has 0 aliphatic heterocycles. The molecule has 2 nitrogen and oxygen atoms in total. The van der Waals surface area contributed by atoms with Crippen LogP contribution in [-0.2, 0) is 7.05 Å². The second kappa shape index (κ2) is 5.73. The fraction of sp³-hybridized carbons (Fsp3) is 0.192. The van der Waals surface area contributed by atoms with E-state index in [4.69, 9.17) is 0 Å². The number of halogens is 1. The van der Waals surface area contributed by atoms with Crippen molar-refractivity contribution >= 4 is 66.7 Å². The molecule has 0 aliphatic rings. The Morgan fingerprint density at radius 1 is 0.867 bits per heavy atom. The molecule has 3 aromatic heterocycles. The van der Waals surface area contributed by atoms with Crippen molar-refractivity contribution in [1.82, 2.24) is 4.40 Å². The minimum atomic E-state index is -2.09. The van der Waals surface area contributed by atoms with E-state index in [1.165, 1.54) is 48.1 Å². The van der Waals surface area contributed by atoms with Crippen LogP contribution in [0.5, 0.6) is 0 Å². The third kappa shape index (κ3) is 2.21. The molecule has 0 spiro atoms. The summed E-state index contributed by atoms with van der Waals surface area (Å²) in [6.07, 6.45) is 2.18. The summed E-state index contributed by atoms with van der Waals surface area (Å²) in [7, 11) is 2.13. The molecule has 0 saturated carbocycles. The molecule has 6 rings (SSSR count). The van der Waals surface area contributed by atoms with Crippen molar-refractivity contribution in [3.63, 3.8) is 0 Å². The maximum atomic E-state index is 14.4. The van der Waals surface area contributed by atoms with Crippen molar-refractivity contribution in [2.75, 3.05) is 0 Å². The van der Waals surface area contributed by atoms with Gasteiger partial charge in [0, 0.05) is 0 Å². The SMILES string of the molecule is Cc1ccc2c3ccc(F)cc3n3c4c[c]([Ge]([CH3])([CH3])[CH3])cc5cc[n+](C)c(c1c23)c54. The average molecular weight is 456 g/mol. The Morgan fingerprint density at radius 3 is 2.40 bits per heavy atom. The van der Waals surface area contributed by atoms with Gasteiger partial charge < -0.3 is 0 Å². The summed E-state index contributed by atoms with van der Waals surface area (Å²) in [6, 6.07) is 16.6. The number of hydrogen-bond donors (Lipinski definition) is 0. The van der Waals surface area contributed by atoms with E-state index < -0.39 is 13.3 Å². The van der Waals surface area contributed by atoms with Crippen LogP contribution < -0.4 is 8.96 Å². The van der Waals surface area contributed by atoms with Gasteiger partial charge >= 0.3 is 177 Å². The van der Waals surface area contributed by atoms with Gasteiger partial charge in [-0.1, -0.05) is 0 Å². The van der Waals surface area contributed by atoms with Gasteiger partial charge in [0.2, 0.25) is 0 Å². The normalized spacial score (nSPS) is 13.0. The van der Waals surface area contributed by atoms with Crippen LogP contribution in [-0.4, -0.2) is 17.7 Å². The van der Waals surface area contributed by atoms with Gasteiger partial charge in [-0.3, -0.25) is 0 Å². The molecule has 0 N–H and O–H groups in total. The maximum absolute atomic E-state index is 14.4. The van der Waals surface area contributed by atoms with Gasteiger partial charge in [0.1, 0.15) is 0 Å². The number of aromatic nitrogens is 2. The van der Waals surface area contributed by atoms with Crippen LogP contribution >= 0.6 is 0 Å². The van der Waals surface area contributed by atoms with E-state index >= 15 is 0 Å². The van der Waals surface area contributed by atoms with Crippen LogP contribution in [0, 0.1) is 12.7 Å². The number of aryl methyl sites for hydroxylation is 2. The number of benzene rings is 3. The Labute approximate surface area is 177 Å². The molecule has 0 aliphatic carbocycles. The molecule has 0 amide bonds. The minimum absolute atomic E-state index is 0.190. The summed E-state index contributed by atoms with van der Waals surface area (Å²) in [5.74, 6) is 7.11. The van der Waals surface area contributed by atoms with E-state index in [0.29, 0.717) is 0 Å². The first-order chi connectivity index (χ1) is 14.3. The zero-order valence-corrected chi connectivity index (χ0v) is 20.1. The number of fused-ring (bicyclic) bond motifs is 5. The summed E-state index contributed by atoms with van der Waals surface area (Å²) < 4.78 is 20.4. The number of hydrogen-bond acceptors (Lipinski definition) is 0. The third-order valence-corrected chi connectivity index (χ3v) is 10.9. The van der Waals surface area contributed by atoms with Crippen LogP contribution in [0.4, 0.5) is 4.39 Å². The van der Waals surface area contributed by atoms with Crippen molar-refractivity contribution in [2.45, 2.75) is 24.2 Å². The molecular formula is C26H24FGeN2+. The summed E-state index contributed by atoms with van der Waals surface area (Å²) in [4.78, 5) is 0. The van der Waals surface area contributed by atoms with Crippen LogP contribution in [0.3, 0.4) is 0 Å². The van der Waals surface area contributed by atoms with Gasteiger partial charge in [0.05, 0.1) is 0 Å². The molecule has 4 heteroatoms. The Morgan fingerprint density at radius 2 is 1.63 bits per heavy atom. The van der Waals surface area contributed by atoms with Crippen LogP contribution in [0.25, 0.3) is 49.0 Å². The first kappa shape index (κ1) is 18.1. The first-order valence-corrected chi connectivity index (χ1v) is 17.8. The van der Waals surface area contributed by atoms with Crippen LogP contribution in [0.1, 0.15) is 5.56 Å². The molecule has 3 aromatic carbocycles. The molecule has 0 radical (unpaired) electrons. The van der Waals surface area contributed by atoms with Crippen molar-refractivity contribution in [1.29, 1.82) is 0 Å². The summed E-state index contributed by atoms with van der Waals surface area (Å²) in [5.41, 5.74) is 5.85. The number of nitrogens with zero attached hydrogens (tertiary/aromatic N) is 2. The molecule has 3 heterocycles. The molecular weight excluding hydrogens is 432 g/mol. The fourth-order valence-corrected chi connectivity index (χ4v) is 7.55. The first-order valence-electron chi connectivity index (χ1n) is 10.5. The van der Waals surface area contributed by atoms with E-state index in [1.807, 2.05) is 6.07 Å². The monoisotopic (exact) mass is 457 g/mol. The third-order valence-electron chi connectivity index (χ3n) is 6.66. The average Bonchev–Trinajstić information content (AvgIpc) is 3.01. The van der Waals surface area contributed by atoms with Gasteiger partial charge in [-0.15, -0.1) is 0 Å². The molecule has 0 unspecified atom stereocenters. The Bertz CT molecular complexity index is 1650. The summed E-state index contributed by atoms with van der Waals surface area (Å²) in [6.45, 7) is 2.18.